The molecule has 4 aromatic rings. The van der Waals surface area contributed by atoms with Crippen LogP contribution in [0.2, 0.25) is 0 Å². The largest absolute Gasteiger partial charge is 0.395 e. The van der Waals surface area contributed by atoms with E-state index < -0.39 is 0 Å². The van der Waals surface area contributed by atoms with Gasteiger partial charge in [-0.25, -0.2) is 10.8 Å². The number of nitrogens with two attached hydrogens (primary N) is 3. The number of hydrogen-bond donors (Lipinski definition) is 5. The molecule has 1 atom stereocenters. The summed E-state index contributed by atoms with van der Waals surface area (Å²) in [6.07, 6.45) is 4.50. The molecule has 0 bridgehead atoms. The van der Waals surface area contributed by atoms with Crippen molar-refractivity contribution in [2.75, 3.05) is 23.4 Å². The van der Waals surface area contributed by atoms with E-state index in [4.69, 9.17) is 17.3 Å². The second-order valence-electron chi connectivity index (χ2n) is 8.46. The summed E-state index contributed by atoms with van der Waals surface area (Å²) in [5, 5.41) is 8.12. The van der Waals surface area contributed by atoms with E-state index in [1.54, 1.807) is 6.07 Å². The molecule has 0 saturated heterocycles. The van der Waals surface area contributed by atoms with Crippen LogP contribution in [0.1, 0.15) is 39.3 Å². The molecular formula is C25H28N8. The molecule has 3 heterocycles. The minimum Gasteiger partial charge on any atom is -0.395 e. The van der Waals surface area contributed by atoms with Crippen molar-refractivity contribution in [1.29, 1.82) is 0 Å². The molecule has 0 amide bonds. The first-order valence-electron chi connectivity index (χ1n) is 11.0. The van der Waals surface area contributed by atoms with E-state index in [-0.39, 0.29) is 0 Å². The molecule has 5 rings (SSSR count). The van der Waals surface area contributed by atoms with E-state index in [1.165, 1.54) is 22.3 Å². The molecule has 0 radical (unpaired) electrons. The number of nitrogen functional groups attached to an aromatic ring is 3. The highest BCUT2D eigenvalue weighted by Crippen LogP contribution is 2.31. The SMILES string of the molecule is NNc1nc(N)cc(Cc2cnn(Cc3ccc4c(c3)C(c3ccccc3)CNC4)c2)c1N. The molecule has 0 spiro atoms. The van der Waals surface area contributed by atoms with Crippen molar-refractivity contribution in [3.8, 4) is 0 Å². The van der Waals surface area contributed by atoms with Gasteiger partial charge in [0, 0.05) is 31.6 Å². The fourth-order valence-electron chi connectivity index (χ4n) is 4.55. The Balaban J connectivity index is 1.36. The van der Waals surface area contributed by atoms with Crippen LogP contribution in [0.15, 0.2) is 67.0 Å². The first-order chi connectivity index (χ1) is 16.1. The molecular weight excluding hydrogens is 412 g/mol. The van der Waals surface area contributed by atoms with Crippen LogP contribution in [0.25, 0.3) is 0 Å². The standard InChI is InChI=1S/C25H28N8/c26-23-10-20(24(27)25(31-23)32-28)8-17-11-30-33(15-17)14-16-6-7-19-12-29-13-22(21(19)9-16)18-4-2-1-3-5-18/h1-7,9-11,15,22,29H,8,12-14,27-28H2,(H3,26,31,32). The van der Waals surface area contributed by atoms with E-state index in [9.17, 15) is 0 Å². The van der Waals surface area contributed by atoms with Crippen LogP contribution < -0.4 is 28.1 Å². The molecule has 2 aromatic carbocycles. The Labute approximate surface area is 192 Å². The lowest BCUT2D eigenvalue weighted by Gasteiger charge is -2.27. The van der Waals surface area contributed by atoms with Gasteiger partial charge >= 0.3 is 0 Å². The normalized spacial score (nSPS) is 15.2. The van der Waals surface area contributed by atoms with Crippen molar-refractivity contribution < 1.29 is 0 Å². The molecule has 168 valence electrons. The maximum absolute atomic E-state index is 6.17. The van der Waals surface area contributed by atoms with Gasteiger partial charge in [0.2, 0.25) is 0 Å². The van der Waals surface area contributed by atoms with Crippen molar-refractivity contribution in [3.05, 3.63) is 100 Å². The van der Waals surface area contributed by atoms with Gasteiger partial charge in [-0.2, -0.15) is 5.10 Å². The van der Waals surface area contributed by atoms with Crippen molar-refractivity contribution >= 4 is 17.3 Å². The molecule has 1 aliphatic heterocycles. The molecule has 2 aromatic heterocycles. The summed E-state index contributed by atoms with van der Waals surface area (Å²) in [6, 6.07) is 19.2. The smallest absolute Gasteiger partial charge is 0.165 e. The summed E-state index contributed by atoms with van der Waals surface area (Å²) < 4.78 is 1.96. The Morgan fingerprint density at radius 2 is 1.91 bits per heavy atom. The monoisotopic (exact) mass is 440 g/mol. The second kappa shape index (κ2) is 8.93. The van der Waals surface area contributed by atoms with Gasteiger partial charge in [-0.1, -0.05) is 48.5 Å². The maximum atomic E-state index is 6.17. The highest BCUT2D eigenvalue weighted by Gasteiger charge is 2.21. The Morgan fingerprint density at radius 3 is 2.73 bits per heavy atom. The van der Waals surface area contributed by atoms with Gasteiger partial charge in [0.1, 0.15) is 5.82 Å². The Kier molecular flexibility index (Phi) is 5.68. The first kappa shape index (κ1) is 21.0. The van der Waals surface area contributed by atoms with Crippen molar-refractivity contribution in [2.24, 2.45) is 5.84 Å². The average molecular weight is 441 g/mol. The summed E-state index contributed by atoms with van der Waals surface area (Å²) in [5.41, 5.74) is 22.3. The van der Waals surface area contributed by atoms with Gasteiger partial charge in [0.25, 0.3) is 0 Å². The van der Waals surface area contributed by atoms with Crippen molar-refractivity contribution in [1.82, 2.24) is 20.1 Å². The van der Waals surface area contributed by atoms with E-state index >= 15 is 0 Å². The van der Waals surface area contributed by atoms with Gasteiger partial charge in [0.15, 0.2) is 5.82 Å². The molecule has 1 aliphatic rings. The fourth-order valence-corrected chi connectivity index (χ4v) is 4.55. The van der Waals surface area contributed by atoms with Crippen LogP contribution in [-0.2, 0) is 19.5 Å². The second-order valence-corrected chi connectivity index (χ2v) is 8.46. The number of fused-ring (bicyclic) bond motifs is 1. The quantitative estimate of drug-likeness (QED) is 0.230. The number of benzene rings is 2. The third kappa shape index (κ3) is 4.39. The molecule has 8 heteroatoms. The number of nitrogens with zero attached hydrogens (tertiary/aromatic N) is 3. The third-order valence-corrected chi connectivity index (χ3v) is 6.18. The van der Waals surface area contributed by atoms with Gasteiger partial charge in [-0.3, -0.25) is 4.68 Å². The number of anilines is 3. The van der Waals surface area contributed by atoms with Crippen LogP contribution in [0.4, 0.5) is 17.3 Å². The Bertz CT molecular complexity index is 1260. The van der Waals surface area contributed by atoms with Crippen LogP contribution in [0, 0.1) is 0 Å². The molecule has 8 nitrogen and oxygen atoms in total. The summed E-state index contributed by atoms with van der Waals surface area (Å²) >= 11 is 0. The lowest BCUT2D eigenvalue weighted by atomic mass is 9.84. The summed E-state index contributed by atoms with van der Waals surface area (Å²) in [7, 11) is 0. The van der Waals surface area contributed by atoms with Crippen LogP contribution in [0.3, 0.4) is 0 Å². The van der Waals surface area contributed by atoms with Crippen LogP contribution in [0.5, 0.6) is 0 Å². The highest BCUT2D eigenvalue weighted by molar-refractivity contribution is 5.68. The molecule has 33 heavy (non-hydrogen) atoms. The lowest BCUT2D eigenvalue weighted by molar-refractivity contribution is 0.589. The van der Waals surface area contributed by atoms with Gasteiger partial charge in [-0.15, -0.1) is 0 Å². The van der Waals surface area contributed by atoms with Gasteiger partial charge < -0.3 is 22.2 Å². The number of hydrazine groups is 1. The number of nitrogens with one attached hydrogen (secondary N) is 2. The van der Waals surface area contributed by atoms with Gasteiger partial charge in [-0.05, 0) is 39.4 Å². The zero-order valence-electron chi connectivity index (χ0n) is 18.3. The van der Waals surface area contributed by atoms with E-state index in [0.29, 0.717) is 36.2 Å². The topological polar surface area (TPSA) is 133 Å². The molecule has 0 aliphatic carbocycles. The fraction of sp³-hybridized carbons (Fsp3) is 0.200. The van der Waals surface area contributed by atoms with Gasteiger partial charge in [0.05, 0.1) is 18.4 Å². The molecule has 8 N–H and O–H groups in total. The lowest BCUT2D eigenvalue weighted by Crippen LogP contribution is -2.29. The van der Waals surface area contributed by atoms with E-state index in [2.05, 4.69) is 69.4 Å². The highest BCUT2D eigenvalue weighted by atomic mass is 15.3. The van der Waals surface area contributed by atoms with Crippen molar-refractivity contribution in [2.45, 2.75) is 25.4 Å². The number of pyridine rings is 1. The summed E-state index contributed by atoms with van der Waals surface area (Å²) in [4.78, 5) is 4.11. The zero-order chi connectivity index (χ0) is 22.8. The minimum absolute atomic E-state index is 0.355. The summed E-state index contributed by atoms with van der Waals surface area (Å²) in [5.74, 6) is 6.61. The minimum atomic E-state index is 0.355. The average Bonchev–Trinajstić information content (AvgIpc) is 3.28. The number of rotatable bonds is 6. The molecule has 1 unspecified atom stereocenters. The predicted molar refractivity (Wildman–Crippen MR) is 131 cm³/mol. The third-order valence-electron chi connectivity index (χ3n) is 6.18. The zero-order valence-corrected chi connectivity index (χ0v) is 18.3. The number of hydrogen-bond acceptors (Lipinski definition) is 7. The van der Waals surface area contributed by atoms with Crippen LogP contribution >= 0.6 is 0 Å². The van der Waals surface area contributed by atoms with Crippen LogP contribution in [-0.4, -0.2) is 21.3 Å². The first-order valence-corrected chi connectivity index (χ1v) is 11.0. The Morgan fingerprint density at radius 1 is 1.06 bits per heavy atom. The Hall–Kier alpha value is -3.88. The predicted octanol–water partition coefficient (Wildman–Crippen LogP) is 2.60. The maximum Gasteiger partial charge on any atom is 0.165 e. The number of aromatic nitrogens is 3. The van der Waals surface area contributed by atoms with E-state index in [1.807, 2.05) is 17.1 Å². The molecule has 0 fully saturated rings. The summed E-state index contributed by atoms with van der Waals surface area (Å²) in [6.45, 7) is 2.55. The van der Waals surface area contributed by atoms with E-state index in [0.717, 1.165) is 24.2 Å². The van der Waals surface area contributed by atoms with Crippen molar-refractivity contribution in [3.63, 3.8) is 0 Å². The molecule has 0 saturated carbocycles.